The lowest BCUT2D eigenvalue weighted by Gasteiger charge is -2.23. The van der Waals surface area contributed by atoms with Gasteiger partial charge >= 0.3 is 0 Å². The largest absolute Gasteiger partial charge is 0.361 e. The number of benzene rings is 1. The topological polar surface area (TPSA) is 44.9 Å². The van der Waals surface area contributed by atoms with Crippen molar-refractivity contribution in [2.24, 2.45) is 5.92 Å². The molecule has 106 valence electrons. The van der Waals surface area contributed by atoms with Crippen molar-refractivity contribution in [2.75, 3.05) is 0 Å². The molecule has 2 N–H and O–H groups in total. The number of aromatic amines is 1. The highest BCUT2D eigenvalue weighted by Crippen LogP contribution is 2.24. The second-order valence-electron chi connectivity index (χ2n) is 5.94. The quantitative estimate of drug-likeness (QED) is 0.799. The number of H-pyrrole nitrogens is 1. The highest BCUT2D eigenvalue weighted by atomic mass is 16.1. The van der Waals surface area contributed by atoms with E-state index in [0.29, 0.717) is 12.0 Å². The molecular weight excluding hydrogens is 248 g/mol. The molecule has 20 heavy (non-hydrogen) atoms. The predicted octanol–water partition coefficient (Wildman–Crippen LogP) is 3.87. The van der Waals surface area contributed by atoms with Crippen LogP contribution in [0.3, 0.4) is 0 Å². The number of carbonyl (C=O) groups excluding carboxylic acids is 1. The lowest BCUT2D eigenvalue weighted by molar-refractivity contribution is 0.0923. The third-order valence-corrected chi connectivity index (χ3v) is 4.52. The van der Waals surface area contributed by atoms with Gasteiger partial charge in [-0.05, 0) is 37.0 Å². The standard InChI is InChI=1S/C17H22N2O/c1-12-6-3-2-4-8-15(12)19-17(20)14-7-5-9-16-13(14)10-11-18-16/h5,7,9-12,15,18H,2-4,6,8H2,1H3,(H,19,20). The first-order valence-corrected chi connectivity index (χ1v) is 7.62. The first kappa shape index (κ1) is 13.2. The second-order valence-corrected chi connectivity index (χ2v) is 5.94. The third kappa shape index (κ3) is 2.58. The summed E-state index contributed by atoms with van der Waals surface area (Å²) in [5.74, 6) is 0.640. The van der Waals surface area contributed by atoms with Crippen LogP contribution in [0.5, 0.6) is 0 Å². The summed E-state index contributed by atoms with van der Waals surface area (Å²) >= 11 is 0. The van der Waals surface area contributed by atoms with Gasteiger partial charge in [-0.1, -0.05) is 32.3 Å². The Morgan fingerprint density at radius 2 is 2.05 bits per heavy atom. The zero-order chi connectivity index (χ0) is 13.9. The molecule has 2 atom stereocenters. The van der Waals surface area contributed by atoms with Crippen LogP contribution in [0, 0.1) is 5.92 Å². The monoisotopic (exact) mass is 270 g/mol. The van der Waals surface area contributed by atoms with Crippen LogP contribution in [0.1, 0.15) is 49.4 Å². The molecule has 1 amide bonds. The minimum atomic E-state index is 0.0638. The highest BCUT2D eigenvalue weighted by molar-refractivity contribution is 6.06. The van der Waals surface area contributed by atoms with Crippen LogP contribution in [0.2, 0.25) is 0 Å². The summed E-state index contributed by atoms with van der Waals surface area (Å²) in [6, 6.07) is 8.14. The smallest absolute Gasteiger partial charge is 0.252 e. The van der Waals surface area contributed by atoms with Crippen LogP contribution in [-0.2, 0) is 0 Å². The maximum atomic E-state index is 12.6. The van der Waals surface area contributed by atoms with Gasteiger partial charge in [0.2, 0.25) is 0 Å². The molecule has 0 bridgehead atoms. The van der Waals surface area contributed by atoms with Crippen LogP contribution < -0.4 is 5.32 Å². The van der Waals surface area contributed by atoms with Gasteiger partial charge < -0.3 is 10.3 Å². The maximum absolute atomic E-state index is 12.6. The Bertz CT molecular complexity index is 602. The molecule has 1 aliphatic carbocycles. The number of hydrogen-bond donors (Lipinski definition) is 2. The van der Waals surface area contributed by atoms with E-state index >= 15 is 0 Å². The van der Waals surface area contributed by atoms with E-state index in [2.05, 4.69) is 17.2 Å². The van der Waals surface area contributed by atoms with Crippen molar-refractivity contribution >= 4 is 16.8 Å². The highest BCUT2D eigenvalue weighted by Gasteiger charge is 2.22. The normalized spacial score (nSPS) is 23.4. The van der Waals surface area contributed by atoms with Crippen LogP contribution in [0.4, 0.5) is 0 Å². The molecule has 2 aromatic rings. The lowest BCUT2D eigenvalue weighted by Crippen LogP contribution is -2.38. The van der Waals surface area contributed by atoms with Crippen LogP contribution in [0.15, 0.2) is 30.5 Å². The second kappa shape index (κ2) is 5.70. The molecule has 1 aromatic carbocycles. The molecule has 1 aromatic heterocycles. The summed E-state index contributed by atoms with van der Waals surface area (Å²) in [4.78, 5) is 15.7. The molecular formula is C17H22N2O. The molecule has 3 heteroatoms. The summed E-state index contributed by atoms with van der Waals surface area (Å²) in [6.07, 6.45) is 8.03. The molecule has 0 radical (unpaired) electrons. The average molecular weight is 270 g/mol. The fourth-order valence-electron chi connectivity index (χ4n) is 3.24. The minimum absolute atomic E-state index is 0.0638. The van der Waals surface area contributed by atoms with E-state index in [1.807, 2.05) is 30.5 Å². The lowest BCUT2D eigenvalue weighted by atomic mass is 9.96. The van der Waals surface area contributed by atoms with Crippen molar-refractivity contribution in [1.29, 1.82) is 0 Å². The molecule has 1 aliphatic rings. The number of rotatable bonds is 2. The number of hydrogen-bond acceptors (Lipinski definition) is 1. The summed E-state index contributed by atoms with van der Waals surface area (Å²) in [7, 11) is 0. The third-order valence-electron chi connectivity index (χ3n) is 4.52. The van der Waals surface area contributed by atoms with Gasteiger partial charge in [0.25, 0.3) is 5.91 Å². The molecule has 1 fully saturated rings. The van der Waals surface area contributed by atoms with E-state index < -0.39 is 0 Å². The first-order chi connectivity index (χ1) is 9.75. The van der Waals surface area contributed by atoms with Crippen molar-refractivity contribution in [3.05, 3.63) is 36.0 Å². The first-order valence-electron chi connectivity index (χ1n) is 7.62. The van der Waals surface area contributed by atoms with Crippen molar-refractivity contribution in [1.82, 2.24) is 10.3 Å². The van der Waals surface area contributed by atoms with Crippen molar-refractivity contribution < 1.29 is 4.79 Å². The van der Waals surface area contributed by atoms with Gasteiger partial charge in [0.05, 0.1) is 0 Å². The van der Waals surface area contributed by atoms with Crippen LogP contribution in [-0.4, -0.2) is 16.9 Å². The minimum Gasteiger partial charge on any atom is -0.361 e. The number of carbonyl (C=O) groups is 1. The van der Waals surface area contributed by atoms with E-state index in [0.717, 1.165) is 22.9 Å². The zero-order valence-corrected chi connectivity index (χ0v) is 12.0. The summed E-state index contributed by atoms with van der Waals surface area (Å²) < 4.78 is 0. The van der Waals surface area contributed by atoms with Crippen molar-refractivity contribution in [3.63, 3.8) is 0 Å². The SMILES string of the molecule is CC1CCCCCC1NC(=O)c1cccc2[nH]ccc12. The Morgan fingerprint density at radius 1 is 1.20 bits per heavy atom. The Kier molecular flexibility index (Phi) is 3.77. The van der Waals surface area contributed by atoms with Gasteiger partial charge in [0.1, 0.15) is 0 Å². The average Bonchev–Trinajstić information content (AvgIpc) is 2.84. The van der Waals surface area contributed by atoms with Crippen LogP contribution in [0.25, 0.3) is 10.9 Å². The van der Waals surface area contributed by atoms with Gasteiger partial charge in [-0.2, -0.15) is 0 Å². The van der Waals surface area contributed by atoms with Gasteiger partial charge in [0.15, 0.2) is 0 Å². The molecule has 2 unspecified atom stereocenters. The number of nitrogens with one attached hydrogen (secondary N) is 2. The van der Waals surface area contributed by atoms with Gasteiger partial charge in [0, 0.05) is 28.7 Å². The zero-order valence-electron chi connectivity index (χ0n) is 12.0. The van der Waals surface area contributed by atoms with E-state index in [1.54, 1.807) is 0 Å². The maximum Gasteiger partial charge on any atom is 0.252 e. The Morgan fingerprint density at radius 3 is 2.95 bits per heavy atom. The molecule has 0 spiro atoms. The molecule has 3 nitrogen and oxygen atoms in total. The summed E-state index contributed by atoms with van der Waals surface area (Å²) in [5, 5.41) is 4.26. The number of aromatic nitrogens is 1. The van der Waals surface area contributed by atoms with E-state index in [1.165, 1.54) is 25.7 Å². The van der Waals surface area contributed by atoms with E-state index in [4.69, 9.17) is 0 Å². The van der Waals surface area contributed by atoms with E-state index in [-0.39, 0.29) is 5.91 Å². The summed E-state index contributed by atoms with van der Waals surface area (Å²) in [6.45, 7) is 2.26. The van der Waals surface area contributed by atoms with E-state index in [9.17, 15) is 4.79 Å². The molecule has 1 heterocycles. The van der Waals surface area contributed by atoms with Gasteiger partial charge in [-0.3, -0.25) is 4.79 Å². The molecule has 0 saturated heterocycles. The fraction of sp³-hybridized carbons (Fsp3) is 0.471. The predicted molar refractivity (Wildman–Crippen MR) is 81.8 cm³/mol. The van der Waals surface area contributed by atoms with Crippen molar-refractivity contribution in [3.8, 4) is 0 Å². The number of amides is 1. The van der Waals surface area contributed by atoms with Gasteiger partial charge in [-0.15, -0.1) is 0 Å². The molecule has 3 rings (SSSR count). The number of fused-ring (bicyclic) bond motifs is 1. The Labute approximate surface area is 119 Å². The Balaban J connectivity index is 1.80. The molecule has 0 aliphatic heterocycles. The molecule has 1 saturated carbocycles. The fourth-order valence-corrected chi connectivity index (χ4v) is 3.24. The van der Waals surface area contributed by atoms with Crippen LogP contribution >= 0.6 is 0 Å². The summed E-state index contributed by atoms with van der Waals surface area (Å²) in [5.41, 5.74) is 1.80. The van der Waals surface area contributed by atoms with Gasteiger partial charge in [-0.25, -0.2) is 0 Å². The Hall–Kier alpha value is -1.77. The van der Waals surface area contributed by atoms with Crippen molar-refractivity contribution in [2.45, 2.75) is 45.1 Å².